The molecule has 0 aromatic carbocycles. The van der Waals surface area contributed by atoms with Crippen LogP contribution in [0.4, 0.5) is 0 Å². The first-order chi connectivity index (χ1) is 10.6. The second kappa shape index (κ2) is 19.4. The van der Waals surface area contributed by atoms with Gasteiger partial charge in [0, 0.05) is 33.5 Å². The minimum Gasteiger partial charge on any atom is -0.324 e. The second-order valence-corrected chi connectivity index (χ2v) is 8.47. The number of hydrogen-bond acceptors (Lipinski definition) is 1. The van der Waals surface area contributed by atoms with E-state index >= 15 is 0 Å². The molecule has 0 atom stereocenters. The number of unbranched alkanes of at least 4 members (excludes halogenated alkanes) is 15. The first kappa shape index (κ1) is 26.3. The number of rotatable bonds is 17. The Bertz CT molecular complexity index is 269. The predicted octanol–water partition coefficient (Wildman–Crippen LogP) is 6.42. The van der Waals surface area contributed by atoms with E-state index in [4.69, 9.17) is 9.79 Å². The summed E-state index contributed by atoms with van der Waals surface area (Å²) >= 11 is 0. The summed E-state index contributed by atoms with van der Waals surface area (Å²) in [5.74, 6) is 0. The molecule has 0 unspecified atom stereocenters. The van der Waals surface area contributed by atoms with Crippen LogP contribution in [-0.4, -0.2) is 15.9 Å². The molecule has 0 radical (unpaired) electrons. The average molecular weight is 447 g/mol. The van der Waals surface area contributed by atoms with Gasteiger partial charge in [-0.1, -0.05) is 103 Å². The fourth-order valence-electron chi connectivity index (χ4n) is 2.87. The van der Waals surface area contributed by atoms with Crippen LogP contribution in [0.25, 0.3) is 0 Å². The molecule has 0 aromatic rings. The van der Waals surface area contributed by atoms with Crippen molar-refractivity contribution >= 4 is 7.60 Å². The van der Waals surface area contributed by atoms with Crippen molar-refractivity contribution in [2.75, 3.05) is 6.16 Å². The SMILES string of the molecule is CCCCCCCCCCCCCCCCCCP(=O)(O)O.[Cd]. The van der Waals surface area contributed by atoms with Crippen LogP contribution < -0.4 is 0 Å². The van der Waals surface area contributed by atoms with Gasteiger partial charge in [-0.2, -0.15) is 0 Å². The zero-order valence-corrected chi connectivity index (χ0v) is 20.4. The molecule has 0 aromatic heterocycles. The van der Waals surface area contributed by atoms with E-state index in [0.29, 0.717) is 6.42 Å². The van der Waals surface area contributed by atoms with Gasteiger partial charge in [-0.05, 0) is 6.42 Å². The molecular weight excluding hydrogens is 408 g/mol. The Labute approximate surface area is 164 Å². The minimum absolute atomic E-state index is 0. The molecule has 0 amide bonds. The van der Waals surface area contributed by atoms with Gasteiger partial charge in [0.2, 0.25) is 0 Å². The van der Waals surface area contributed by atoms with Gasteiger partial charge < -0.3 is 9.79 Å². The summed E-state index contributed by atoms with van der Waals surface area (Å²) in [5, 5.41) is 0. The van der Waals surface area contributed by atoms with Crippen molar-refractivity contribution in [3.63, 3.8) is 0 Å². The van der Waals surface area contributed by atoms with Crippen LogP contribution in [0.3, 0.4) is 0 Å². The zero-order chi connectivity index (χ0) is 16.5. The Morgan fingerprint density at radius 1 is 0.565 bits per heavy atom. The van der Waals surface area contributed by atoms with Gasteiger partial charge in [0.25, 0.3) is 0 Å². The molecule has 0 fully saturated rings. The Balaban J connectivity index is 0. The van der Waals surface area contributed by atoms with E-state index in [1.807, 2.05) is 0 Å². The Morgan fingerprint density at radius 3 is 1.09 bits per heavy atom. The third-order valence-corrected chi connectivity index (χ3v) is 5.20. The van der Waals surface area contributed by atoms with Gasteiger partial charge in [0.15, 0.2) is 0 Å². The fourth-order valence-corrected chi connectivity index (χ4v) is 3.50. The van der Waals surface area contributed by atoms with Crippen LogP contribution in [0.1, 0.15) is 110 Å². The largest absolute Gasteiger partial charge is 0.325 e. The van der Waals surface area contributed by atoms with Crippen LogP contribution in [0, 0.1) is 0 Å². The molecule has 0 aliphatic rings. The average Bonchev–Trinajstić information content (AvgIpc) is 2.45. The fraction of sp³-hybridized carbons (Fsp3) is 1.00. The van der Waals surface area contributed by atoms with Gasteiger partial charge in [-0.15, -0.1) is 0 Å². The van der Waals surface area contributed by atoms with Crippen LogP contribution in [0.2, 0.25) is 0 Å². The number of hydrogen-bond donors (Lipinski definition) is 2. The summed E-state index contributed by atoms with van der Waals surface area (Å²) in [4.78, 5) is 17.5. The summed E-state index contributed by atoms with van der Waals surface area (Å²) in [5.41, 5.74) is 0. The van der Waals surface area contributed by atoms with E-state index in [1.54, 1.807) is 0 Å². The second-order valence-electron chi connectivity index (χ2n) is 6.69. The van der Waals surface area contributed by atoms with Crippen molar-refractivity contribution in [2.45, 2.75) is 110 Å². The summed E-state index contributed by atoms with van der Waals surface area (Å²) in [7, 11) is -3.75. The van der Waals surface area contributed by atoms with E-state index < -0.39 is 7.60 Å². The van der Waals surface area contributed by atoms with E-state index in [2.05, 4.69) is 6.92 Å². The molecule has 0 bridgehead atoms. The summed E-state index contributed by atoms with van der Waals surface area (Å²) in [6.45, 7) is 2.27. The normalized spacial score (nSPS) is 11.4. The molecule has 0 aliphatic carbocycles. The Hall–Kier alpha value is 1.07. The first-order valence-corrected chi connectivity index (χ1v) is 11.4. The maximum absolute atomic E-state index is 10.7. The quantitative estimate of drug-likeness (QED) is 0.154. The third kappa shape index (κ3) is 25.4. The summed E-state index contributed by atoms with van der Waals surface area (Å²) < 4.78 is 10.7. The third-order valence-electron chi connectivity index (χ3n) is 4.30. The standard InChI is InChI=1S/C18H39O3P.Cd/c1-2-3-4-5-6-7-8-9-10-11-12-13-14-15-16-17-18-22(19,20)21;/h2-18H2,1H3,(H2,19,20,21);. The van der Waals surface area contributed by atoms with Crippen molar-refractivity contribution in [1.29, 1.82) is 0 Å². The van der Waals surface area contributed by atoms with Crippen molar-refractivity contribution in [1.82, 2.24) is 0 Å². The van der Waals surface area contributed by atoms with Crippen LogP contribution in [-0.2, 0) is 31.9 Å². The van der Waals surface area contributed by atoms with Crippen molar-refractivity contribution in [2.24, 2.45) is 0 Å². The topological polar surface area (TPSA) is 57.5 Å². The summed E-state index contributed by atoms with van der Waals surface area (Å²) in [6.07, 6.45) is 20.6. The van der Waals surface area contributed by atoms with Gasteiger partial charge in [0.1, 0.15) is 0 Å². The zero-order valence-electron chi connectivity index (χ0n) is 15.5. The Morgan fingerprint density at radius 2 is 0.826 bits per heavy atom. The minimum atomic E-state index is -3.75. The summed E-state index contributed by atoms with van der Waals surface area (Å²) in [6, 6.07) is 0. The predicted molar refractivity (Wildman–Crippen MR) is 96.5 cm³/mol. The maximum atomic E-state index is 10.7. The molecule has 23 heavy (non-hydrogen) atoms. The van der Waals surface area contributed by atoms with Crippen molar-refractivity contribution < 1.29 is 41.7 Å². The van der Waals surface area contributed by atoms with Gasteiger partial charge in [-0.3, -0.25) is 4.57 Å². The molecule has 136 valence electrons. The first-order valence-electron chi connectivity index (χ1n) is 9.61. The molecule has 2 N–H and O–H groups in total. The van der Waals surface area contributed by atoms with E-state index in [0.717, 1.165) is 12.8 Å². The van der Waals surface area contributed by atoms with Crippen molar-refractivity contribution in [3.05, 3.63) is 0 Å². The molecular formula is C18H39CdO3P. The molecule has 0 spiro atoms. The van der Waals surface area contributed by atoms with E-state index in [-0.39, 0.29) is 33.5 Å². The van der Waals surface area contributed by atoms with E-state index in [1.165, 1.54) is 83.5 Å². The molecule has 0 aliphatic heterocycles. The molecule has 0 saturated carbocycles. The smallest absolute Gasteiger partial charge is 0.324 e. The van der Waals surface area contributed by atoms with Crippen LogP contribution >= 0.6 is 7.60 Å². The molecule has 0 rings (SSSR count). The van der Waals surface area contributed by atoms with Crippen LogP contribution in [0.15, 0.2) is 0 Å². The van der Waals surface area contributed by atoms with Gasteiger partial charge in [-0.25, -0.2) is 0 Å². The monoisotopic (exact) mass is 448 g/mol. The van der Waals surface area contributed by atoms with Crippen molar-refractivity contribution in [3.8, 4) is 0 Å². The van der Waals surface area contributed by atoms with Crippen LogP contribution in [0.5, 0.6) is 0 Å². The maximum Gasteiger partial charge on any atom is 0.325 e. The Kier molecular flexibility index (Phi) is 22.2. The molecule has 0 saturated heterocycles. The van der Waals surface area contributed by atoms with Gasteiger partial charge >= 0.3 is 7.60 Å². The molecule has 5 heteroatoms. The van der Waals surface area contributed by atoms with E-state index in [9.17, 15) is 4.57 Å². The molecule has 3 nitrogen and oxygen atoms in total. The molecule has 0 heterocycles. The van der Waals surface area contributed by atoms with Gasteiger partial charge in [0.05, 0.1) is 0 Å².